The number of amides is 1. The van der Waals surface area contributed by atoms with Crippen molar-refractivity contribution in [3.8, 4) is 0 Å². The third kappa shape index (κ3) is 3.80. The maximum Gasteiger partial charge on any atom is 0.261 e. The number of nitrogens with zero attached hydrogens (tertiary/aromatic N) is 3. The summed E-state index contributed by atoms with van der Waals surface area (Å²) in [5.74, 6) is -0.0980. The normalized spacial score (nSPS) is 22.0. The Kier molecular flexibility index (Phi) is 5.18. The standard InChI is InChI=1S/C19H22ClN3O4S/c20-13-5-6-17-16(9-13)19(25)22(12-21-17)10-18(24)23(14-3-1-2-4-14)15-7-8-28(26,27)11-15/h5-6,9,12,14-15H,1-4,7-8,10-11H2/t15-/m1/s1. The van der Waals surface area contributed by atoms with Crippen molar-refractivity contribution >= 4 is 38.2 Å². The summed E-state index contributed by atoms with van der Waals surface area (Å²) in [4.78, 5) is 31.9. The van der Waals surface area contributed by atoms with Gasteiger partial charge in [-0.1, -0.05) is 24.4 Å². The molecule has 150 valence electrons. The Hall–Kier alpha value is -1.93. The molecule has 0 N–H and O–H groups in total. The molecule has 2 fully saturated rings. The predicted octanol–water partition coefficient (Wildman–Crippen LogP) is 2.01. The quantitative estimate of drug-likeness (QED) is 0.750. The van der Waals surface area contributed by atoms with Crippen LogP contribution in [0.25, 0.3) is 10.9 Å². The number of sulfone groups is 1. The molecule has 7 nitrogen and oxygen atoms in total. The molecular weight excluding hydrogens is 402 g/mol. The van der Waals surface area contributed by atoms with Gasteiger partial charge in [-0.2, -0.15) is 0 Å². The first-order valence-electron chi connectivity index (χ1n) is 9.50. The van der Waals surface area contributed by atoms with Gasteiger partial charge in [-0.25, -0.2) is 13.4 Å². The van der Waals surface area contributed by atoms with E-state index in [1.807, 2.05) is 0 Å². The lowest BCUT2D eigenvalue weighted by atomic mass is 10.1. The van der Waals surface area contributed by atoms with Gasteiger partial charge in [0, 0.05) is 17.1 Å². The molecule has 1 amide bonds. The van der Waals surface area contributed by atoms with E-state index < -0.39 is 9.84 Å². The number of fused-ring (bicyclic) bond motifs is 1. The van der Waals surface area contributed by atoms with E-state index in [1.54, 1.807) is 23.1 Å². The number of halogens is 1. The van der Waals surface area contributed by atoms with E-state index in [4.69, 9.17) is 11.6 Å². The molecule has 1 aromatic heterocycles. The molecule has 1 atom stereocenters. The van der Waals surface area contributed by atoms with Gasteiger partial charge < -0.3 is 4.90 Å². The average molecular weight is 424 g/mol. The van der Waals surface area contributed by atoms with Crippen LogP contribution in [0.15, 0.2) is 29.3 Å². The Bertz CT molecular complexity index is 1080. The lowest BCUT2D eigenvalue weighted by Crippen LogP contribution is -2.49. The Balaban J connectivity index is 1.63. The summed E-state index contributed by atoms with van der Waals surface area (Å²) in [6, 6.07) is 4.61. The second kappa shape index (κ2) is 7.48. The van der Waals surface area contributed by atoms with Crippen LogP contribution in [0.1, 0.15) is 32.1 Å². The molecule has 28 heavy (non-hydrogen) atoms. The summed E-state index contributed by atoms with van der Waals surface area (Å²) in [5, 5.41) is 0.790. The molecule has 0 bridgehead atoms. The van der Waals surface area contributed by atoms with E-state index >= 15 is 0 Å². The van der Waals surface area contributed by atoms with E-state index in [9.17, 15) is 18.0 Å². The predicted molar refractivity (Wildman–Crippen MR) is 107 cm³/mol. The molecule has 1 aliphatic carbocycles. The number of hydrogen-bond donors (Lipinski definition) is 0. The van der Waals surface area contributed by atoms with E-state index in [1.165, 1.54) is 10.9 Å². The van der Waals surface area contributed by atoms with Gasteiger partial charge >= 0.3 is 0 Å². The number of carbonyl (C=O) groups excluding carboxylic acids is 1. The molecule has 0 radical (unpaired) electrons. The maximum atomic E-state index is 13.2. The first-order valence-corrected chi connectivity index (χ1v) is 11.7. The van der Waals surface area contributed by atoms with Crippen molar-refractivity contribution in [3.05, 3.63) is 39.9 Å². The zero-order chi connectivity index (χ0) is 19.9. The number of rotatable bonds is 4. The molecule has 1 saturated heterocycles. The zero-order valence-electron chi connectivity index (χ0n) is 15.4. The van der Waals surface area contributed by atoms with Gasteiger partial charge in [0.1, 0.15) is 6.54 Å². The van der Waals surface area contributed by atoms with Crippen molar-refractivity contribution < 1.29 is 13.2 Å². The number of benzene rings is 1. The van der Waals surface area contributed by atoms with Crippen LogP contribution in [0.4, 0.5) is 0 Å². The monoisotopic (exact) mass is 423 g/mol. The highest BCUT2D eigenvalue weighted by atomic mass is 35.5. The topological polar surface area (TPSA) is 89.3 Å². The lowest BCUT2D eigenvalue weighted by Gasteiger charge is -2.34. The van der Waals surface area contributed by atoms with Gasteiger partial charge in [-0.3, -0.25) is 14.2 Å². The summed E-state index contributed by atoms with van der Waals surface area (Å²) >= 11 is 5.99. The fourth-order valence-electron chi connectivity index (χ4n) is 4.35. The zero-order valence-corrected chi connectivity index (χ0v) is 17.0. The van der Waals surface area contributed by atoms with E-state index in [2.05, 4.69) is 4.98 Å². The SMILES string of the molecule is O=C(Cn1cnc2ccc(Cl)cc2c1=O)N(C1CCCC1)[C@@H]1CCS(=O)(=O)C1. The summed E-state index contributed by atoms with van der Waals surface area (Å²) < 4.78 is 25.2. The van der Waals surface area contributed by atoms with Crippen molar-refractivity contribution in [1.82, 2.24) is 14.5 Å². The molecule has 0 unspecified atom stereocenters. The summed E-state index contributed by atoms with van der Waals surface area (Å²) in [6.45, 7) is -0.151. The minimum atomic E-state index is -3.11. The number of hydrogen-bond acceptors (Lipinski definition) is 5. The molecular formula is C19H22ClN3O4S. The second-order valence-corrected chi connectivity index (χ2v) is 10.3. The molecule has 2 aromatic rings. The Morgan fingerprint density at radius 1 is 1.21 bits per heavy atom. The van der Waals surface area contributed by atoms with Crippen LogP contribution in [0.2, 0.25) is 5.02 Å². The van der Waals surface area contributed by atoms with Crippen molar-refractivity contribution in [2.24, 2.45) is 0 Å². The Labute approximate surface area is 168 Å². The first kappa shape index (κ1) is 19.4. The van der Waals surface area contributed by atoms with Crippen molar-refractivity contribution in [1.29, 1.82) is 0 Å². The van der Waals surface area contributed by atoms with Crippen LogP contribution in [0, 0.1) is 0 Å². The van der Waals surface area contributed by atoms with Crippen LogP contribution in [0.5, 0.6) is 0 Å². The fraction of sp³-hybridized carbons (Fsp3) is 0.526. The van der Waals surface area contributed by atoms with Crippen molar-refractivity contribution in [3.63, 3.8) is 0 Å². The fourth-order valence-corrected chi connectivity index (χ4v) is 6.24. The molecule has 0 spiro atoms. The highest BCUT2D eigenvalue weighted by molar-refractivity contribution is 7.91. The van der Waals surface area contributed by atoms with Gasteiger partial charge in [0.05, 0.1) is 28.7 Å². The highest BCUT2D eigenvalue weighted by Gasteiger charge is 2.39. The second-order valence-electron chi connectivity index (χ2n) is 7.64. The first-order chi connectivity index (χ1) is 13.3. The maximum absolute atomic E-state index is 13.2. The molecule has 4 rings (SSSR count). The third-order valence-corrected chi connectivity index (χ3v) is 7.68. The molecule has 2 heterocycles. The number of carbonyl (C=O) groups is 1. The van der Waals surface area contributed by atoms with Crippen LogP contribution in [-0.4, -0.2) is 52.4 Å². The van der Waals surface area contributed by atoms with Gasteiger partial charge in [0.25, 0.3) is 5.56 Å². The number of aromatic nitrogens is 2. The van der Waals surface area contributed by atoms with Crippen LogP contribution in [0.3, 0.4) is 0 Å². The smallest absolute Gasteiger partial charge is 0.261 e. The summed E-state index contributed by atoms with van der Waals surface area (Å²) in [6.07, 6.45) is 5.65. The lowest BCUT2D eigenvalue weighted by molar-refractivity contribution is -0.136. The van der Waals surface area contributed by atoms with Gasteiger partial charge in [0.15, 0.2) is 9.84 Å². The Morgan fingerprint density at radius 3 is 2.64 bits per heavy atom. The molecule has 1 saturated carbocycles. The largest absolute Gasteiger partial charge is 0.334 e. The van der Waals surface area contributed by atoms with Crippen molar-refractivity contribution in [2.45, 2.75) is 50.7 Å². The minimum Gasteiger partial charge on any atom is -0.334 e. The highest BCUT2D eigenvalue weighted by Crippen LogP contribution is 2.29. The minimum absolute atomic E-state index is 0.00964. The average Bonchev–Trinajstić information content (AvgIpc) is 3.28. The van der Waals surface area contributed by atoms with Gasteiger partial charge in [-0.05, 0) is 37.5 Å². The van der Waals surface area contributed by atoms with Gasteiger partial charge in [0.2, 0.25) is 5.91 Å². The van der Waals surface area contributed by atoms with E-state index in [-0.39, 0.29) is 41.6 Å². The molecule has 1 aromatic carbocycles. The molecule has 2 aliphatic rings. The molecule has 1 aliphatic heterocycles. The third-order valence-electron chi connectivity index (χ3n) is 5.70. The van der Waals surface area contributed by atoms with Crippen LogP contribution >= 0.6 is 11.6 Å². The Morgan fingerprint density at radius 2 is 1.96 bits per heavy atom. The summed E-state index contributed by atoms with van der Waals surface area (Å²) in [5.41, 5.74) is 0.193. The van der Waals surface area contributed by atoms with Gasteiger partial charge in [-0.15, -0.1) is 0 Å². The van der Waals surface area contributed by atoms with Crippen LogP contribution in [-0.2, 0) is 21.2 Å². The molecule has 9 heteroatoms. The van der Waals surface area contributed by atoms with E-state index in [0.29, 0.717) is 22.3 Å². The summed E-state index contributed by atoms with van der Waals surface area (Å²) in [7, 11) is -3.11. The van der Waals surface area contributed by atoms with Crippen molar-refractivity contribution in [2.75, 3.05) is 11.5 Å². The van der Waals surface area contributed by atoms with E-state index in [0.717, 1.165) is 25.7 Å². The van der Waals surface area contributed by atoms with Crippen LogP contribution < -0.4 is 5.56 Å².